The van der Waals surface area contributed by atoms with Crippen LogP contribution in [0.3, 0.4) is 0 Å². The van der Waals surface area contributed by atoms with Crippen molar-refractivity contribution in [1.82, 2.24) is 9.88 Å². The van der Waals surface area contributed by atoms with Gasteiger partial charge in [-0.15, -0.1) is 0 Å². The number of hydrogen-bond donors (Lipinski definition) is 0. The summed E-state index contributed by atoms with van der Waals surface area (Å²) in [4.78, 5) is 6.75. The van der Waals surface area contributed by atoms with Crippen LogP contribution in [0.15, 0.2) is 73.1 Å². The van der Waals surface area contributed by atoms with Crippen molar-refractivity contribution in [2.24, 2.45) is 0 Å². The van der Waals surface area contributed by atoms with Gasteiger partial charge in [-0.3, -0.25) is 4.98 Å². The lowest BCUT2D eigenvalue weighted by atomic mass is 9.78. The normalized spacial score (nSPS) is 16.9. The van der Waals surface area contributed by atoms with Crippen molar-refractivity contribution in [1.29, 1.82) is 0 Å². The number of ether oxygens (including phenoxy) is 2. The van der Waals surface area contributed by atoms with Crippen LogP contribution in [0.25, 0.3) is 0 Å². The van der Waals surface area contributed by atoms with Crippen molar-refractivity contribution >= 4 is 0 Å². The monoisotopic (exact) mass is 775 g/mol. The highest BCUT2D eigenvalue weighted by Gasteiger charge is 2.40. The quantitative estimate of drug-likeness (QED) is 0.0502. The van der Waals surface area contributed by atoms with E-state index in [9.17, 15) is 0 Å². The SMILES string of the molecule is CCCCC/C=C\C/C=C\CCCCCCCCC1(CCCCCCCC/C=C\C/C=C\CCCCC)OCC(CCN(C)C(C)C(C)(C)c2ccncc2)O1. The van der Waals surface area contributed by atoms with Crippen LogP contribution < -0.4 is 0 Å². The second-order valence-corrected chi connectivity index (χ2v) is 17.5. The van der Waals surface area contributed by atoms with E-state index >= 15 is 0 Å². The largest absolute Gasteiger partial charge is 0.347 e. The predicted octanol–water partition coefficient (Wildman–Crippen LogP) is 15.6. The Morgan fingerprint density at radius 2 is 1.09 bits per heavy atom. The molecule has 1 aliphatic rings. The number of allylic oxidation sites excluding steroid dienone is 8. The molecular formula is C52H90N2O2. The van der Waals surface area contributed by atoms with Crippen LogP contribution in [0, 0.1) is 0 Å². The van der Waals surface area contributed by atoms with Crippen molar-refractivity contribution in [2.45, 2.75) is 231 Å². The topological polar surface area (TPSA) is 34.6 Å². The first-order valence-corrected chi connectivity index (χ1v) is 23.9. The third-order valence-corrected chi connectivity index (χ3v) is 12.4. The molecule has 1 aliphatic heterocycles. The van der Waals surface area contributed by atoms with Crippen molar-refractivity contribution in [2.75, 3.05) is 20.2 Å². The average molecular weight is 775 g/mol. The molecule has 4 nitrogen and oxygen atoms in total. The van der Waals surface area contributed by atoms with Crippen molar-refractivity contribution in [3.8, 4) is 0 Å². The van der Waals surface area contributed by atoms with Crippen LogP contribution >= 0.6 is 0 Å². The number of aromatic nitrogens is 1. The molecule has 4 heteroatoms. The summed E-state index contributed by atoms with van der Waals surface area (Å²) in [6.07, 6.45) is 56.7. The van der Waals surface area contributed by atoms with E-state index in [4.69, 9.17) is 9.47 Å². The molecule has 0 aliphatic carbocycles. The molecule has 0 amide bonds. The summed E-state index contributed by atoms with van der Waals surface area (Å²) in [5, 5.41) is 0. The lowest BCUT2D eigenvalue weighted by Crippen LogP contribution is -2.44. The Hall–Kier alpha value is -2.01. The van der Waals surface area contributed by atoms with E-state index in [0.717, 1.165) is 45.3 Å². The first-order chi connectivity index (χ1) is 27.3. The van der Waals surface area contributed by atoms with E-state index in [0.29, 0.717) is 6.04 Å². The fraction of sp³-hybridized carbons (Fsp3) is 0.750. The highest BCUT2D eigenvalue weighted by Crippen LogP contribution is 2.36. The highest BCUT2D eigenvalue weighted by atomic mass is 16.7. The molecule has 0 radical (unpaired) electrons. The van der Waals surface area contributed by atoms with Gasteiger partial charge in [0.05, 0.1) is 12.7 Å². The molecule has 56 heavy (non-hydrogen) atoms. The molecule has 0 N–H and O–H groups in total. The standard InChI is InChI=1S/C52H90N2O2/c1-7-9-11-13-15-17-19-21-23-25-27-29-31-33-35-37-42-52(43-38-36-34-32-30-28-26-24-22-20-18-16-14-12-10-8-2)55-47-50(56-52)41-46-54(6)48(3)51(4,5)49-39-44-53-45-40-49/h15-18,21-24,39-40,44-45,48,50H,7-14,19-20,25-38,41-43,46-47H2,1-6H3/b17-15-,18-16-,23-21-,24-22-. The van der Waals surface area contributed by atoms with E-state index in [-0.39, 0.29) is 17.3 Å². The maximum Gasteiger partial charge on any atom is 0.168 e. The molecule has 0 spiro atoms. The van der Waals surface area contributed by atoms with Gasteiger partial charge < -0.3 is 14.4 Å². The number of rotatable bonds is 36. The van der Waals surface area contributed by atoms with Crippen molar-refractivity contribution in [3.63, 3.8) is 0 Å². The smallest absolute Gasteiger partial charge is 0.168 e. The Labute approximate surface area is 348 Å². The van der Waals surface area contributed by atoms with Crippen LogP contribution in [-0.2, 0) is 14.9 Å². The van der Waals surface area contributed by atoms with Crippen molar-refractivity contribution < 1.29 is 9.47 Å². The summed E-state index contributed by atoms with van der Waals surface area (Å²) in [5.74, 6) is -0.379. The number of nitrogens with zero attached hydrogens (tertiary/aromatic N) is 2. The maximum atomic E-state index is 6.92. The van der Waals surface area contributed by atoms with Crippen LogP contribution in [0.5, 0.6) is 0 Å². The van der Waals surface area contributed by atoms with Gasteiger partial charge in [-0.2, -0.15) is 0 Å². The van der Waals surface area contributed by atoms with Crippen LogP contribution in [0.2, 0.25) is 0 Å². The zero-order valence-corrected chi connectivity index (χ0v) is 37.8. The van der Waals surface area contributed by atoms with Gasteiger partial charge in [0.1, 0.15) is 0 Å². The van der Waals surface area contributed by atoms with E-state index in [2.05, 4.69) is 112 Å². The lowest BCUT2D eigenvalue weighted by molar-refractivity contribution is -0.180. The molecule has 1 saturated heterocycles. The molecule has 320 valence electrons. The molecule has 1 aromatic rings. The van der Waals surface area contributed by atoms with Gasteiger partial charge in [0.15, 0.2) is 5.79 Å². The zero-order valence-electron chi connectivity index (χ0n) is 37.8. The van der Waals surface area contributed by atoms with Gasteiger partial charge in [0.25, 0.3) is 0 Å². The third kappa shape index (κ3) is 23.4. The van der Waals surface area contributed by atoms with E-state index in [1.54, 1.807) is 0 Å². The van der Waals surface area contributed by atoms with Gasteiger partial charge in [0, 0.05) is 43.2 Å². The second-order valence-electron chi connectivity index (χ2n) is 17.5. The van der Waals surface area contributed by atoms with Crippen molar-refractivity contribution in [3.05, 3.63) is 78.7 Å². The molecule has 2 atom stereocenters. The minimum absolute atomic E-state index is 0.0392. The van der Waals surface area contributed by atoms with Gasteiger partial charge in [-0.05, 0) is 115 Å². The molecule has 2 rings (SSSR count). The summed E-state index contributed by atoms with van der Waals surface area (Å²) in [6.45, 7) is 13.3. The van der Waals surface area contributed by atoms with E-state index in [1.807, 2.05) is 12.4 Å². The number of hydrogen-bond acceptors (Lipinski definition) is 4. The van der Waals surface area contributed by atoms with E-state index < -0.39 is 0 Å². The molecular weight excluding hydrogens is 685 g/mol. The van der Waals surface area contributed by atoms with Crippen LogP contribution in [0.1, 0.15) is 214 Å². The Bertz CT molecular complexity index is 1110. The number of unbranched alkanes of at least 4 members (excludes halogenated alkanes) is 18. The Balaban J connectivity index is 1.71. The van der Waals surface area contributed by atoms with Gasteiger partial charge in [-0.25, -0.2) is 0 Å². The predicted molar refractivity (Wildman–Crippen MR) is 245 cm³/mol. The molecule has 0 aromatic carbocycles. The minimum atomic E-state index is -0.379. The third-order valence-electron chi connectivity index (χ3n) is 12.4. The fourth-order valence-corrected chi connectivity index (χ4v) is 8.03. The average Bonchev–Trinajstić information content (AvgIpc) is 3.62. The number of pyridine rings is 1. The molecule has 0 bridgehead atoms. The second kappa shape index (κ2) is 32.9. The Morgan fingerprint density at radius 1 is 0.661 bits per heavy atom. The maximum absolute atomic E-state index is 6.92. The summed E-state index contributed by atoms with van der Waals surface area (Å²) in [5.41, 5.74) is 1.38. The minimum Gasteiger partial charge on any atom is -0.347 e. The number of likely N-dealkylation sites (N-methyl/N-ethyl adjacent to an activating group) is 1. The van der Waals surface area contributed by atoms with E-state index in [1.165, 1.54) is 147 Å². The Kier molecular flexibility index (Phi) is 29.4. The first kappa shape index (κ1) is 50.1. The molecule has 2 unspecified atom stereocenters. The molecule has 2 heterocycles. The van der Waals surface area contributed by atoms with Gasteiger partial charge >= 0.3 is 0 Å². The van der Waals surface area contributed by atoms with Gasteiger partial charge in [-0.1, -0.05) is 153 Å². The lowest BCUT2D eigenvalue weighted by Gasteiger charge is -2.39. The summed E-state index contributed by atoms with van der Waals surface area (Å²) < 4.78 is 13.6. The van der Waals surface area contributed by atoms with Gasteiger partial charge in [0.2, 0.25) is 0 Å². The highest BCUT2D eigenvalue weighted by molar-refractivity contribution is 5.23. The zero-order chi connectivity index (χ0) is 40.4. The Morgan fingerprint density at radius 3 is 1.55 bits per heavy atom. The first-order valence-electron chi connectivity index (χ1n) is 23.9. The molecule has 1 aromatic heterocycles. The van der Waals surface area contributed by atoms with Crippen LogP contribution in [-0.4, -0.2) is 48.0 Å². The summed E-state index contributed by atoms with van der Waals surface area (Å²) in [7, 11) is 2.27. The fourth-order valence-electron chi connectivity index (χ4n) is 8.03. The summed E-state index contributed by atoms with van der Waals surface area (Å²) in [6, 6.07) is 4.72. The van der Waals surface area contributed by atoms with Crippen LogP contribution in [0.4, 0.5) is 0 Å². The molecule has 0 saturated carbocycles. The summed E-state index contributed by atoms with van der Waals surface area (Å²) >= 11 is 0. The molecule has 1 fully saturated rings.